The molecule has 5 nitrogen and oxygen atoms in total. The Labute approximate surface area is 104 Å². The normalized spacial score (nSPS) is 22.7. The number of phenols is 2. The molecule has 0 unspecified atom stereocenters. The van der Waals surface area contributed by atoms with Crippen LogP contribution in [0.4, 0.5) is 0 Å². The van der Waals surface area contributed by atoms with Crippen molar-refractivity contribution in [2.75, 3.05) is 0 Å². The summed E-state index contributed by atoms with van der Waals surface area (Å²) in [6, 6.07) is 2.32. The summed E-state index contributed by atoms with van der Waals surface area (Å²) in [5, 5.41) is 29.1. The second-order valence-electron chi connectivity index (χ2n) is 4.67. The van der Waals surface area contributed by atoms with E-state index in [4.69, 9.17) is 0 Å². The van der Waals surface area contributed by atoms with Crippen molar-refractivity contribution in [2.45, 2.75) is 25.9 Å². The van der Waals surface area contributed by atoms with Crippen LogP contribution in [-0.4, -0.2) is 26.9 Å². The largest absolute Gasteiger partial charge is 0.508 e. The molecule has 0 saturated heterocycles. The maximum Gasteiger partial charge on any atom is 0.167 e. The van der Waals surface area contributed by atoms with Crippen LogP contribution < -0.4 is 0 Å². The third-order valence-corrected chi connectivity index (χ3v) is 3.17. The van der Waals surface area contributed by atoms with Crippen molar-refractivity contribution in [3.63, 3.8) is 0 Å². The number of benzene rings is 1. The molecule has 1 aromatic carbocycles. The fraction of sp³-hybridized carbons (Fsp3) is 0.385. The van der Waals surface area contributed by atoms with Gasteiger partial charge in [-0.3, -0.25) is 4.79 Å². The second kappa shape index (κ2) is 4.42. The van der Waals surface area contributed by atoms with E-state index >= 15 is 0 Å². The number of aromatic hydroxyl groups is 2. The van der Waals surface area contributed by atoms with Gasteiger partial charge in [0.2, 0.25) is 0 Å². The molecule has 0 heterocycles. The highest BCUT2D eigenvalue weighted by atomic mass is 16.3. The highest BCUT2D eigenvalue weighted by molar-refractivity contribution is 6.02. The molecule has 1 aliphatic rings. The highest BCUT2D eigenvalue weighted by Crippen LogP contribution is 2.41. The summed E-state index contributed by atoms with van der Waals surface area (Å²) in [4.78, 5) is 23.0. The standard InChI is InChI=1S/C13H14O5/c1-6(14)2-7-3-10(16)12-9(13(7)18)4-8(15)5-11(12)17/h4-5,7,13,15,17-18H,2-3H2,1H3/t7-,13+/m1/s1. The monoisotopic (exact) mass is 250 g/mol. The highest BCUT2D eigenvalue weighted by Gasteiger charge is 2.35. The second-order valence-corrected chi connectivity index (χ2v) is 4.67. The zero-order valence-electron chi connectivity index (χ0n) is 9.88. The maximum absolute atomic E-state index is 11.9. The van der Waals surface area contributed by atoms with E-state index in [1.165, 1.54) is 13.0 Å². The van der Waals surface area contributed by atoms with Gasteiger partial charge in [-0.05, 0) is 18.6 Å². The quantitative estimate of drug-likeness (QED) is 0.735. The van der Waals surface area contributed by atoms with Gasteiger partial charge in [-0.2, -0.15) is 0 Å². The Morgan fingerprint density at radius 3 is 2.67 bits per heavy atom. The van der Waals surface area contributed by atoms with E-state index in [1.807, 2.05) is 0 Å². The number of carbonyl (C=O) groups excluding carboxylic acids is 2. The number of fused-ring (bicyclic) bond motifs is 1. The van der Waals surface area contributed by atoms with E-state index in [1.54, 1.807) is 0 Å². The molecular formula is C13H14O5. The van der Waals surface area contributed by atoms with Gasteiger partial charge in [0.15, 0.2) is 5.78 Å². The predicted molar refractivity (Wildman–Crippen MR) is 62.5 cm³/mol. The molecule has 2 atom stereocenters. The Balaban J connectivity index is 2.47. The zero-order chi connectivity index (χ0) is 13.4. The van der Waals surface area contributed by atoms with Gasteiger partial charge in [-0.1, -0.05) is 0 Å². The summed E-state index contributed by atoms with van der Waals surface area (Å²) in [6.07, 6.45) is -0.908. The predicted octanol–water partition coefficient (Wildman–Crippen LogP) is 1.31. The molecule has 0 amide bonds. The average Bonchev–Trinajstić information content (AvgIpc) is 2.23. The van der Waals surface area contributed by atoms with E-state index in [2.05, 4.69) is 0 Å². The molecule has 3 N–H and O–H groups in total. The molecule has 0 aliphatic heterocycles. The van der Waals surface area contributed by atoms with Crippen LogP contribution in [0.25, 0.3) is 0 Å². The average molecular weight is 250 g/mol. The number of hydrogen-bond acceptors (Lipinski definition) is 5. The summed E-state index contributed by atoms with van der Waals surface area (Å²) in [6.45, 7) is 1.40. The minimum Gasteiger partial charge on any atom is -0.508 e. The van der Waals surface area contributed by atoms with Crippen molar-refractivity contribution in [3.05, 3.63) is 23.3 Å². The van der Waals surface area contributed by atoms with Gasteiger partial charge in [0, 0.05) is 24.8 Å². The van der Waals surface area contributed by atoms with Crippen LogP contribution in [-0.2, 0) is 4.79 Å². The van der Waals surface area contributed by atoms with E-state index in [0.29, 0.717) is 0 Å². The number of aliphatic hydroxyl groups excluding tert-OH is 1. The number of hydrogen-bond donors (Lipinski definition) is 3. The summed E-state index contributed by atoms with van der Waals surface area (Å²) in [7, 11) is 0. The van der Waals surface area contributed by atoms with E-state index in [-0.39, 0.29) is 47.0 Å². The lowest BCUT2D eigenvalue weighted by atomic mass is 9.78. The van der Waals surface area contributed by atoms with Gasteiger partial charge < -0.3 is 20.1 Å². The number of Topliss-reactive ketones (excluding diaryl/α,β-unsaturated/α-hetero) is 2. The Morgan fingerprint density at radius 2 is 2.06 bits per heavy atom. The molecule has 0 saturated carbocycles. The molecule has 2 rings (SSSR count). The van der Waals surface area contributed by atoms with Crippen molar-refractivity contribution < 1.29 is 24.9 Å². The molecule has 1 aromatic rings. The summed E-state index contributed by atoms with van der Waals surface area (Å²) >= 11 is 0. The lowest BCUT2D eigenvalue weighted by Gasteiger charge is -2.29. The first-order valence-electron chi connectivity index (χ1n) is 5.66. The van der Waals surface area contributed by atoms with Gasteiger partial charge in [0.25, 0.3) is 0 Å². The fourth-order valence-corrected chi connectivity index (χ4v) is 2.43. The van der Waals surface area contributed by atoms with Crippen molar-refractivity contribution in [1.82, 2.24) is 0 Å². The van der Waals surface area contributed by atoms with Gasteiger partial charge in [-0.25, -0.2) is 0 Å². The number of ketones is 2. The van der Waals surface area contributed by atoms with Gasteiger partial charge in [0.1, 0.15) is 17.3 Å². The Kier molecular flexibility index (Phi) is 3.09. The Morgan fingerprint density at radius 1 is 1.39 bits per heavy atom. The minimum atomic E-state index is -1.03. The maximum atomic E-state index is 11.9. The molecule has 0 spiro atoms. The molecule has 0 radical (unpaired) electrons. The fourth-order valence-electron chi connectivity index (χ4n) is 2.43. The summed E-state index contributed by atoms with van der Waals surface area (Å²) in [5.74, 6) is -1.49. The Hall–Kier alpha value is -1.88. The number of phenolic OH excluding ortho intramolecular Hbond substituents is 2. The van der Waals surface area contributed by atoms with E-state index < -0.39 is 12.0 Å². The van der Waals surface area contributed by atoms with Crippen LogP contribution >= 0.6 is 0 Å². The van der Waals surface area contributed by atoms with Crippen molar-refractivity contribution >= 4 is 11.6 Å². The Bertz CT molecular complexity index is 520. The number of rotatable bonds is 2. The molecule has 1 aliphatic carbocycles. The first-order chi connectivity index (χ1) is 8.40. The van der Waals surface area contributed by atoms with E-state index in [9.17, 15) is 24.9 Å². The van der Waals surface area contributed by atoms with Crippen LogP contribution in [0.5, 0.6) is 11.5 Å². The van der Waals surface area contributed by atoms with Crippen molar-refractivity contribution in [2.24, 2.45) is 5.92 Å². The molecule has 0 fully saturated rings. The summed E-state index contributed by atoms with van der Waals surface area (Å²) < 4.78 is 0. The topological polar surface area (TPSA) is 94.8 Å². The van der Waals surface area contributed by atoms with Crippen LogP contribution in [0.3, 0.4) is 0 Å². The van der Waals surface area contributed by atoms with Gasteiger partial charge in [0.05, 0.1) is 11.7 Å². The first kappa shape index (κ1) is 12.6. The molecule has 96 valence electrons. The zero-order valence-corrected chi connectivity index (χ0v) is 9.88. The lowest BCUT2D eigenvalue weighted by Crippen LogP contribution is -2.26. The van der Waals surface area contributed by atoms with Crippen molar-refractivity contribution in [3.8, 4) is 11.5 Å². The van der Waals surface area contributed by atoms with Crippen molar-refractivity contribution in [1.29, 1.82) is 0 Å². The minimum absolute atomic E-state index is 0.0199. The lowest BCUT2D eigenvalue weighted by molar-refractivity contribution is -0.118. The van der Waals surface area contributed by atoms with Crippen LogP contribution in [0, 0.1) is 5.92 Å². The van der Waals surface area contributed by atoms with Crippen LogP contribution in [0.2, 0.25) is 0 Å². The number of carbonyl (C=O) groups is 2. The van der Waals surface area contributed by atoms with Crippen LogP contribution in [0.15, 0.2) is 12.1 Å². The van der Waals surface area contributed by atoms with Gasteiger partial charge in [-0.15, -0.1) is 0 Å². The van der Waals surface area contributed by atoms with Gasteiger partial charge >= 0.3 is 0 Å². The smallest absolute Gasteiger partial charge is 0.167 e. The molecule has 5 heteroatoms. The third-order valence-electron chi connectivity index (χ3n) is 3.17. The number of aliphatic hydroxyl groups is 1. The molecule has 0 bridgehead atoms. The third kappa shape index (κ3) is 2.09. The van der Waals surface area contributed by atoms with Crippen LogP contribution in [0.1, 0.15) is 41.8 Å². The molecule has 18 heavy (non-hydrogen) atoms. The molecule has 0 aromatic heterocycles. The SMILES string of the molecule is CC(=O)C[C@@H]1CC(=O)c2c(O)cc(O)cc2[C@H]1O. The summed E-state index contributed by atoms with van der Waals surface area (Å²) in [5.41, 5.74) is 0.232. The first-order valence-corrected chi connectivity index (χ1v) is 5.66. The van der Waals surface area contributed by atoms with E-state index in [0.717, 1.165) is 6.07 Å². The molecular weight excluding hydrogens is 236 g/mol.